The van der Waals surface area contributed by atoms with Gasteiger partial charge in [-0.15, -0.1) is 11.3 Å². The number of sulfonamides is 1. The Labute approximate surface area is 198 Å². The lowest BCUT2D eigenvalue weighted by Crippen LogP contribution is -2.41. The predicted octanol–water partition coefficient (Wildman–Crippen LogP) is 3.93. The highest BCUT2D eigenvalue weighted by atomic mass is 32.2. The molecule has 33 heavy (non-hydrogen) atoms. The van der Waals surface area contributed by atoms with E-state index in [1.807, 2.05) is 13.8 Å². The molecule has 0 unspecified atom stereocenters. The molecule has 0 saturated carbocycles. The predicted molar refractivity (Wildman–Crippen MR) is 127 cm³/mol. The average molecular weight is 495 g/mol. The lowest BCUT2D eigenvalue weighted by atomic mass is 9.97. The molecule has 0 bridgehead atoms. The second-order valence-corrected chi connectivity index (χ2v) is 10.7. The van der Waals surface area contributed by atoms with E-state index in [4.69, 9.17) is 9.47 Å². The molecule has 3 rings (SSSR count). The number of anilines is 1. The standard InChI is InChI=1S/C23H30N2O6S2/c1-4-18-15-20(23(27)31-6-3)22(32-18)24-21(26)16-11-13-25(14-12-16)33(28,29)19-9-7-17(8-10-19)30-5-2/h7-10,15-16H,4-6,11-14H2,1-3H3,(H,24,26). The number of piperidine rings is 1. The zero-order chi connectivity index (χ0) is 24.0. The van der Waals surface area contributed by atoms with Gasteiger partial charge in [-0.3, -0.25) is 4.79 Å². The molecule has 1 aromatic carbocycles. The third-order valence-electron chi connectivity index (χ3n) is 5.46. The van der Waals surface area contributed by atoms with E-state index >= 15 is 0 Å². The van der Waals surface area contributed by atoms with Crippen LogP contribution in [0.25, 0.3) is 0 Å². The Morgan fingerprint density at radius 2 is 1.76 bits per heavy atom. The summed E-state index contributed by atoms with van der Waals surface area (Å²) in [6.07, 6.45) is 1.56. The molecule has 1 aromatic heterocycles. The number of thiophene rings is 1. The first-order valence-electron chi connectivity index (χ1n) is 11.1. The van der Waals surface area contributed by atoms with Crippen LogP contribution in [0.3, 0.4) is 0 Å². The molecule has 0 atom stereocenters. The van der Waals surface area contributed by atoms with Crippen molar-refractivity contribution in [3.05, 3.63) is 40.8 Å². The number of aryl methyl sites for hydroxylation is 1. The zero-order valence-electron chi connectivity index (χ0n) is 19.1. The third kappa shape index (κ3) is 5.93. The van der Waals surface area contributed by atoms with Crippen LogP contribution >= 0.6 is 11.3 Å². The van der Waals surface area contributed by atoms with Crippen LogP contribution in [0.15, 0.2) is 35.2 Å². The van der Waals surface area contributed by atoms with Crippen LogP contribution < -0.4 is 10.1 Å². The Bertz CT molecular complexity index is 1070. The van der Waals surface area contributed by atoms with Crippen molar-refractivity contribution in [2.24, 2.45) is 5.92 Å². The van der Waals surface area contributed by atoms with Crippen LogP contribution in [0.1, 0.15) is 48.8 Å². The van der Waals surface area contributed by atoms with Gasteiger partial charge in [-0.2, -0.15) is 4.31 Å². The van der Waals surface area contributed by atoms with Crippen molar-refractivity contribution in [2.45, 2.75) is 44.9 Å². The maximum Gasteiger partial charge on any atom is 0.341 e. The topological polar surface area (TPSA) is 102 Å². The smallest absolute Gasteiger partial charge is 0.341 e. The molecule has 0 aliphatic carbocycles. The largest absolute Gasteiger partial charge is 0.494 e. The Kier molecular flexibility index (Phi) is 8.50. The van der Waals surface area contributed by atoms with Gasteiger partial charge in [0.05, 0.1) is 23.7 Å². The van der Waals surface area contributed by atoms with Crippen molar-refractivity contribution in [1.29, 1.82) is 0 Å². The highest BCUT2D eigenvalue weighted by Crippen LogP contribution is 2.31. The van der Waals surface area contributed by atoms with Gasteiger partial charge in [-0.1, -0.05) is 6.92 Å². The summed E-state index contributed by atoms with van der Waals surface area (Å²) < 4.78 is 37.8. The molecule has 1 saturated heterocycles. The molecule has 10 heteroatoms. The van der Waals surface area contributed by atoms with E-state index in [2.05, 4.69) is 5.32 Å². The summed E-state index contributed by atoms with van der Waals surface area (Å²) in [4.78, 5) is 26.3. The fraction of sp³-hybridized carbons (Fsp3) is 0.478. The molecular formula is C23H30N2O6S2. The molecule has 1 amide bonds. The van der Waals surface area contributed by atoms with Gasteiger partial charge in [0.2, 0.25) is 15.9 Å². The number of benzene rings is 1. The van der Waals surface area contributed by atoms with E-state index in [1.165, 1.54) is 27.8 Å². The molecule has 8 nitrogen and oxygen atoms in total. The number of nitrogens with zero attached hydrogens (tertiary/aromatic N) is 1. The van der Waals surface area contributed by atoms with Gasteiger partial charge in [0.25, 0.3) is 0 Å². The van der Waals surface area contributed by atoms with Crippen LogP contribution in [-0.4, -0.2) is 50.9 Å². The molecule has 1 aliphatic heterocycles. The SMILES string of the molecule is CCOC(=O)c1cc(CC)sc1NC(=O)C1CCN(S(=O)(=O)c2ccc(OCC)cc2)CC1. The number of rotatable bonds is 9. The van der Waals surface area contributed by atoms with Crippen molar-refractivity contribution in [2.75, 3.05) is 31.6 Å². The molecule has 1 fully saturated rings. The molecule has 1 aliphatic rings. The summed E-state index contributed by atoms with van der Waals surface area (Å²) in [5.41, 5.74) is 0.363. The van der Waals surface area contributed by atoms with E-state index in [0.29, 0.717) is 35.8 Å². The molecule has 2 aromatic rings. The van der Waals surface area contributed by atoms with Crippen LogP contribution in [0.2, 0.25) is 0 Å². The van der Waals surface area contributed by atoms with Gasteiger partial charge in [0.1, 0.15) is 10.8 Å². The first-order chi connectivity index (χ1) is 15.8. The monoisotopic (exact) mass is 494 g/mol. The Morgan fingerprint density at radius 3 is 2.33 bits per heavy atom. The Morgan fingerprint density at radius 1 is 1.09 bits per heavy atom. The van der Waals surface area contributed by atoms with E-state index < -0.39 is 16.0 Å². The number of carbonyl (C=O) groups is 2. The first-order valence-corrected chi connectivity index (χ1v) is 13.4. The van der Waals surface area contributed by atoms with Gasteiger partial charge >= 0.3 is 5.97 Å². The van der Waals surface area contributed by atoms with E-state index in [0.717, 1.165) is 11.3 Å². The Balaban J connectivity index is 1.63. The lowest BCUT2D eigenvalue weighted by Gasteiger charge is -2.30. The molecule has 2 heterocycles. The normalized spacial score (nSPS) is 15.2. The van der Waals surface area contributed by atoms with E-state index in [1.54, 1.807) is 25.1 Å². The molecule has 0 radical (unpaired) electrons. The number of nitrogens with one attached hydrogen (secondary N) is 1. The highest BCUT2D eigenvalue weighted by Gasteiger charge is 2.33. The summed E-state index contributed by atoms with van der Waals surface area (Å²) in [5.74, 6) is -0.379. The van der Waals surface area contributed by atoms with Gasteiger partial charge in [0, 0.05) is 23.9 Å². The van der Waals surface area contributed by atoms with Gasteiger partial charge in [-0.25, -0.2) is 13.2 Å². The van der Waals surface area contributed by atoms with E-state index in [-0.39, 0.29) is 36.4 Å². The molecular weight excluding hydrogens is 464 g/mol. The second-order valence-electron chi connectivity index (χ2n) is 7.60. The number of esters is 1. The van der Waals surface area contributed by atoms with Crippen LogP contribution in [0.4, 0.5) is 5.00 Å². The lowest BCUT2D eigenvalue weighted by molar-refractivity contribution is -0.120. The first kappa shape index (κ1) is 25.2. The number of hydrogen-bond acceptors (Lipinski definition) is 7. The maximum atomic E-state index is 13.0. The minimum Gasteiger partial charge on any atom is -0.494 e. The third-order valence-corrected chi connectivity index (χ3v) is 8.57. The van der Waals surface area contributed by atoms with Gasteiger partial charge < -0.3 is 14.8 Å². The minimum atomic E-state index is -3.64. The second kappa shape index (κ2) is 11.1. The number of hydrogen-bond donors (Lipinski definition) is 1. The fourth-order valence-corrected chi connectivity index (χ4v) is 6.12. The van der Waals surface area contributed by atoms with Gasteiger partial charge in [-0.05, 0) is 63.4 Å². The Hall–Kier alpha value is -2.43. The zero-order valence-corrected chi connectivity index (χ0v) is 20.8. The number of amides is 1. The quantitative estimate of drug-likeness (QED) is 0.530. The summed E-state index contributed by atoms with van der Waals surface area (Å²) in [5, 5.41) is 3.36. The summed E-state index contributed by atoms with van der Waals surface area (Å²) >= 11 is 1.36. The average Bonchev–Trinajstić information content (AvgIpc) is 3.23. The van der Waals surface area contributed by atoms with Crippen molar-refractivity contribution >= 4 is 38.2 Å². The number of carbonyl (C=O) groups excluding carboxylic acids is 2. The summed E-state index contributed by atoms with van der Waals surface area (Å²) in [7, 11) is -3.64. The molecule has 1 N–H and O–H groups in total. The van der Waals surface area contributed by atoms with Crippen molar-refractivity contribution < 1.29 is 27.5 Å². The molecule has 180 valence electrons. The van der Waals surface area contributed by atoms with E-state index in [9.17, 15) is 18.0 Å². The van der Waals surface area contributed by atoms with Crippen molar-refractivity contribution in [3.8, 4) is 5.75 Å². The highest BCUT2D eigenvalue weighted by molar-refractivity contribution is 7.89. The summed E-state index contributed by atoms with van der Waals surface area (Å²) in [6.45, 7) is 6.85. The summed E-state index contributed by atoms with van der Waals surface area (Å²) in [6, 6.07) is 8.12. The van der Waals surface area contributed by atoms with Crippen LogP contribution in [-0.2, 0) is 26.0 Å². The van der Waals surface area contributed by atoms with Gasteiger partial charge in [0.15, 0.2) is 0 Å². The minimum absolute atomic E-state index is 0.205. The molecule has 0 spiro atoms. The van der Waals surface area contributed by atoms with Crippen molar-refractivity contribution in [1.82, 2.24) is 4.31 Å². The maximum absolute atomic E-state index is 13.0. The van der Waals surface area contributed by atoms with Crippen LogP contribution in [0, 0.1) is 5.92 Å². The number of ether oxygens (including phenoxy) is 2. The fourth-order valence-electron chi connectivity index (χ4n) is 3.67. The van der Waals surface area contributed by atoms with Crippen molar-refractivity contribution in [3.63, 3.8) is 0 Å². The van der Waals surface area contributed by atoms with Crippen LogP contribution in [0.5, 0.6) is 5.75 Å².